The molecule has 0 aliphatic carbocycles. The van der Waals surface area contributed by atoms with E-state index in [1.165, 1.54) is 24.3 Å². The predicted octanol–water partition coefficient (Wildman–Crippen LogP) is 1.26. The Bertz CT molecular complexity index is 497. The van der Waals surface area contributed by atoms with Crippen LogP contribution in [-0.2, 0) is 9.59 Å². The summed E-state index contributed by atoms with van der Waals surface area (Å²) in [6.07, 6.45) is -0.0267. The van der Waals surface area contributed by atoms with Gasteiger partial charge in [-0.1, -0.05) is 0 Å². The van der Waals surface area contributed by atoms with Crippen molar-refractivity contribution in [2.24, 2.45) is 0 Å². The third-order valence-electron chi connectivity index (χ3n) is 2.46. The lowest BCUT2D eigenvalue weighted by Crippen LogP contribution is -2.30. The highest BCUT2D eigenvalue weighted by Gasteiger charge is 2.38. The quantitative estimate of drug-likeness (QED) is 0.636. The molecule has 88 valence electrons. The maximum Gasteiger partial charge on any atom is 0.335 e. The molecule has 1 fully saturated rings. The number of carbonyl (C=O) groups is 3. The zero-order chi connectivity index (χ0) is 12.6. The number of hydrogen-bond acceptors (Lipinski definition) is 3. The molecule has 17 heavy (non-hydrogen) atoms. The van der Waals surface area contributed by atoms with Gasteiger partial charge in [-0.15, -0.1) is 11.6 Å². The van der Waals surface area contributed by atoms with Gasteiger partial charge >= 0.3 is 5.97 Å². The lowest BCUT2D eigenvalue weighted by Gasteiger charge is -2.13. The van der Waals surface area contributed by atoms with Gasteiger partial charge in [0.1, 0.15) is 5.38 Å². The molecule has 1 aliphatic heterocycles. The highest BCUT2D eigenvalue weighted by atomic mass is 35.5. The number of aromatic carboxylic acids is 1. The van der Waals surface area contributed by atoms with Gasteiger partial charge in [0.2, 0.25) is 5.91 Å². The molecule has 1 unspecified atom stereocenters. The fourth-order valence-electron chi connectivity index (χ4n) is 1.62. The summed E-state index contributed by atoms with van der Waals surface area (Å²) in [6.45, 7) is 0. The highest BCUT2D eigenvalue weighted by molar-refractivity contribution is 6.40. The largest absolute Gasteiger partial charge is 0.478 e. The Morgan fingerprint density at radius 2 is 1.88 bits per heavy atom. The Labute approximate surface area is 102 Å². The van der Waals surface area contributed by atoms with Crippen LogP contribution in [0.15, 0.2) is 24.3 Å². The minimum atomic E-state index is -1.06. The fraction of sp³-hybridized carbons (Fsp3) is 0.182. The predicted molar refractivity (Wildman–Crippen MR) is 60.2 cm³/mol. The number of halogens is 1. The van der Waals surface area contributed by atoms with Gasteiger partial charge in [-0.25, -0.2) is 9.69 Å². The summed E-state index contributed by atoms with van der Waals surface area (Å²) in [5.74, 6) is -1.91. The van der Waals surface area contributed by atoms with Gasteiger partial charge in [0, 0.05) is 0 Å². The van der Waals surface area contributed by atoms with E-state index >= 15 is 0 Å². The maximum absolute atomic E-state index is 11.6. The van der Waals surface area contributed by atoms with Crippen molar-refractivity contribution >= 4 is 35.1 Å². The number of imide groups is 1. The van der Waals surface area contributed by atoms with Crippen LogP contribution in [0.2, 0.25) is 0 Å². The Kier molecular flexibility index (Phi) is 2.85. The molecule has 0 aromatic heterocycles. The number of anilines is 1. The van der Waals surface area contributed by atoms with E-state index in [4.69, 9.17) is 16.7 Å². The molecule has 5 nitrogen and oxygen atoms in total. The maximum atomic E-state index is 11.6. The van der Waals surface area contributed by atoms with Crippen LogP contribution in [0.1, 0.15) is 16.8 Å². The molecule has 1 aromatic carbocycles. The van der Waals surface area contributed by atoms with Crippen LogP contribution < -0.4 is 4.90 Å². The molecule has 2 amide bonds. The van der Waals surface area contributed by atoms with E-state index in [2.05, 4.69) is 0 Å². The topological polar surface area (TPSA) is 74.7 Å². The van der Waals surface area contributed by atoms with Crippen molar-refractivity contribution in [3.05, 3.63) is 29.8 Å². The second kappa shape index (κ2) is 4.18. The van der Waals surface area contributed by atoms with Crippen LogP contribution in [0.5, 0.6) is 0 Å². The SMILES string of the molecule is O=C(O)c1ccc(N2C(=O)CC(Cl)C2=O)cc1. The summed E-state index contributed by atoms with van der Waals surface area (Å²) in [5, 5.41) is 7.89. The number of rotatable bonds is 2. The van der Waals surface area contributed by atoms with Crippen molar-refractivity contribution < 1.29 is 19.5 Å². The first-order valence-corrected chi connectivity index (χ1v) is 5.28. The number of carboxylic acids is 1. The Balaban J connectivity index is 2.32. The normalized spacial score (nSPS) is 19.8. The van der Waals surface area contributed by atoms with Crippen LogP contribution in [-0.4, -0.2) is 28.3 Å². The monoisotopic (exact) mass is 253 g/mol. The third-order valence-corrected chi connectivity index (χ3v) is 2.81. The van der Waals surface area contributed by atoms with E-state index in [9.17, 15) is 14.4 Å². The Hall–Kier alpha value is -1.88. The number of carbonyl (C=O) groups excluding carboxylic acids is 2. The lowest BCUT2D eigenvalue weighted by atomic mass is 10.2. The second-order valence-electron chi connectivity index (χ2n) is 3.59. The van der Waals surface area contributed by atoms with E-state index in [1.54, 1.807) is 0 Å². The van der Waals surface area contributed by atoms with Crippen LogP contribution >= 0.6 is 11.6 Å². The molecule has 1 aromatic rings. The fourth-order valence-corrected chi connectivity index (χ4v) is 1.85. The van der Waals surface area contributed by atoms with E-state index in [0.29, 0.717) is 5.69 Å². The highest BCUT2D eigenvalue weighted by Crippen LogP contribution is 2.25. The molecule has 1 aliphatic rings. The summed E-state index contributed by atoms with van der Waals surface area (Å²) in [5.41, 5.74) is 0.434. The average Bonchev–Trinajstić information content (AvgIpc) is 2.53. The van der Waals surface area contributed by atoms with Crippen molar-refractivity contribution in [2.45, 2.75) is 11.8 Å². The minimum absolute atomic E-state index is 0.0267. The number of hydrogen-bond donors (Lipinski definition) is 1. The van der Waals surface area contributed by atoms with Gasteiger partial charge in [0.15, 0.2) is 0 Å². The molecule has 0 bridgehead atoms. The Morgan fingerprint density at radius 1 is 1.29 bits per heavy atom. The van der Waals surface area contributed by atoms with Crippen LogP contribution in [0.3, 0.4) is 0 Å². The number of alkyl halides is 1. The van der Waals surface area contributed by atoms with E-state index in [-0.39, 0.29) is 17.9 Å². The second-order valence-corrected chi connectivity index (χ2v) is 4.12. The summed E-state index contributed by atoms with van der Waals surface area (Å²) >= 11 is 5.68. The third kappa shape index (κ3) is 2.01. The Morgan fingerprint density at radius 3 is 2.29 bits per heavy atom. The van der Waals surface area contributed by atoms with Gasteiger partial charge in [0.05, 0.1) is 17.7 Å². The van der Waals surface area contributed by atoms with Gasteiger partial charge in [-0.2, -0.15) is 0 Å². The number of amides is 2. The molecule has 1 N–H and O–H groups in total. The van der Waals surface area contributed by atoms with Gasteiger partial charge in [0.25, 0.3) is 5.91 Å². The van der Waals surface area contributed by atoms with Crippen molar-refractivity contribution in [1.82, 2.24) is 0 Å². The summed E-state index contributed by atoms with van der Waals surface area (Å²) in [4.78, 5) is 34.7. The first-order valence-electron chi connectivity index (χ1n) is 4.85. The standard InChI is InChI=1S/C11H8ClNO4/c12-8-5-9(14)13(10(8)15)7-3-1-6(2-4-7)11(16)17/h1-4,8H,5H2,(H,16,17). The molecule has 0 saturated carbocycles. The number of nitrogens with zero attached hydrogens (tertiary/aromatic N) is 1. The minimum Gasteiger partial charge on any atom is -0.478 e. The van der Waals surface area contributed by atoms with Gasteiger partial charge in [-0.3, -0.25) is 9.59 Å². The summed E-state index contributed by atoms with van der Waals surface area (Å²) in [6, 6.07) is 5.49. The van der Waals surface area contributed by atoms with Crippen LogP contribution in [0.25, 0.3) is 0 Å². The van der Waals surface area contributed by atoms with Crippen molar-refractivity contribution in [3.8, 4) is 0 Å². The molecule has 1 saturated heterocycles. The summed E-state index contributed by atoms with van der Waals surface area (Å²) in [7, 11) is 0. The first kappa shape index (κ1) is 11.6. The van der Waals surface area contributed by atoms with E-state index in [1.807, 2.05) is 0 Å². The van der Waals surface area contributed by atoms with E-state index in [0.717, 1.165) is 4.90 Å². The molecule has 6 heteroatoms. The first-order chi connectivity index (χ1) is 8.00. The molecule has 2 rings (SSSR count). The van der Waals surface area contributed by atoms with E-state index < -0.39 is 17.3 Å². The van der Waals surface area contributed by atoms with Gasteiger partial charge < -0.3 is 5.11 Å². The number of carboxylic acid groups (broad SMARTS) is 1. The molecule has 1 atom stereocenters. The van der Waals surface area contributed by atoms with Crippen LogP contribution in [0.4, 0.5) is 5.69 Å². The van der Waals surface area contributed by atoms with Crippen molar-refractivity contribution in [1.29, 1.82) is 0 Å². The lowest BCUT2D eigenvalue weighted by molar-refractivity contribution is -0.121. The molecule has 0 spiro atoms. The molecule has 1 heterocycles. The smallest absolute Gasteiger partial charge is 0.335 e. The zero-order valence-corrected chi connectivity index (χ0v) is 9.35. The van der Waals surface area contributed by atoms with Crippen molar-refractivity contribution in [2.75, 3.05) is 4.90 Å². The molecular weight excluding hydrogens is 246 g/mol. The number of benzene rings is 1. The zero-order valence-electron chi connectivity index (χ0n) is 8.59. The summed E-state index contributed by atoms with van der Waals surface area (Å²) < 4.78 is 0. The van der Waals surface area contributed by atoms with Crippen LogP contribution in [0, 0.1) is 0 Å². The van der Waals surface area contributed by atoms with Crippen molar-refractivity contribution in [3.63, 3.8) is 0 Å². The molecule has 0 radical (unpaired) electrons. The van der Waals surface area contributed by atoms with Gasteiger partial charge in [-0.05, 0) is 24.3 Å². The molecular formula is C11H8ClNO4. The average molecular weight is 254 g/mol.